The number of aliphatic imine (C=N–C) groups is 1. The average Bonchev–Trinajstić information content (AvgIpc) is 2.90. The van der Waals surface area contributed by atoms with Gasteiger partial charge >= 0.3 is 6.36 Å². The van der Waals surface area contributed by atoms with Crippen LogP contribution < -0.4 is 15.8 Å². The zero-order valence-electron chi connectivity index (χ0n) is 13.4. The molecule has 0 saturated carbocycles. The molecule has 25 heavy (non-hydrogen) atoms. The van der Waals surface area contributed by atoms with Crippen molar-refractivity contribution >= 4 is 41.5 Å². The Kier molecular flexibility index (Phi) is 8.26. The van der Waals surface area contributed by atoms with Gasteiger partial charge in [0.1, 0.15) is 0 Å². The molecule has 1 fully saturated rings. The number of hydrogen-bond donors (Lipinski definition) is 2. The summed E-state index contributed by atoms with van der Waals surface area (Å²) in [5.74, 6) is -0.255. The lowest BCUT2D eigenvalue weighted by Crippen LogP contribution is -2.27. The van der Waals surface area contributed by atoms with E-state index in [1.165, 1.54) is 18.2 Å². The maximum Gasteiger partial charge on any atom is 0.573 e. The second-order valence-electron chi connectivity index (χ2n) is 5.27. The summed E-state index contributed by atoms with van der Waals surface area (Å²) >= 11 is 0. The van der Waals surface area contributed by atoms with Gasteiger partial charge in [-0.3, -0.25) is 9.79 Å². The summed E-state index contributed by atoms with van der Waals surface area (Å²) in [6.07, 6.45) is -2.69. The third-order valence-electron chi connectivity index (χ3n) is 3.42. The van der Waals surface area contributed by atoms with Crippen molar-refractivity contribution in [2.45, 2.75) is 25.6 Å². The standard InChI is InChI=1S/C15H19F3N4O2.HI/c16-15(17,18)24-12-6-2-1-5-11(12)21-14(19)20-8-4-10-22-9-3-7-13(22)23;/h1-2,5-6H,3-4,7-10H2,(H3,19,20,21);1H. The van der Waals surface area contributed by atoms with Crippen LogP contribution in [0.1, 0.15) is 19.3 Å². The molecule has 140 valence electrons. The normalized spacial score (nSPS) is 15.1. The van der Waals surface area contributed by atoms with Gasteiger partial charge in [-0.2, -0.15) is 0 Å². The predicted octanol–water partition coefficient (Wildman–Crippen LogP) is 2.94. The minimum absolute atomic E-state index is 0. The van der Waals surface area contributed by atoms with Crippen molar-refractivity contribution in [1.82, 2.24) is 4.90 Å². The van der Waals surface area contributed by atoms with Crippen LogP contribution in [0.4, 0.5) is 18.9 Å². The Balaban J connectivity index is 0.00000312. The van der Waals surface area contributed by atoms with Gasteiger partial charge < -0.3 is 20.7 Å². The number of guanidine groups is 1. The van der Waals surface area contributed by atoms with Crippen LogP contribution in [-0.4, -0.2) is 42.8 Å². The number of benzene rings is 1. The number of nitrogens with two attached hydrogens (primary N) is 1. The van der Waals surface area contributed by atoms with Crippen LogP contribution in [0.15, 0.2) is 29.3 Å². The number of likely N-dealkylation sites (tertiary alicyclic amines) is 1. The fourth-order valence-corrected chi connectivity index (χ4v) is 2.36. The molecule has 1 saturated heterocycles. The number of rotatable bonds is 6. The average molecular weight is 472 g/mol. The molecule has 3 N–H and O–H groups in total. The van der Waals surface area contributed by atoms with E-state index in [4.69, 9.17) is 5.73 Å². The zero-order chi connectivity index (χ0) is 17.6. The molecule has 1 aliphatic rings. The summed E-state index contributed by atoms with van der Waals surface area (Å²) in [6.45, 7) is 1.73. The number of para-hydroxylation sites is 2. The van der Waals surface area contributed by atoms with Crippen molar-refractivity contribution in [3.8, 4) is 5.75 Å². The van der Waals surface area contributed by atoms with E-state index >= 15 is 0 Å². The fourth-order valence-electron chi connectivity index (χ4n) is 2.36. The molecule has 0 aromatic heterocycles. The van der Waals surface area contributed by atoms with Crippen molar-refractivity contribution in [2.24, 2.45) is 10.7 Å². The first-order valence-corrected chi connectivity index (χ1v) is 7.54. The van der Waals surface area contributed by atoms with Crippen LogP contribution in [0, 0.1) is 0 Å². The second kappa shape index (κ2) is 9.68. The number of halogens is 4. The van der Waals surface area contributed by atoms with Gasteiger partial charge in [-0.1, -0.05) is 12.1 Å². The van der Waals surface area contributed by atoms with Gasteiger partial charge in [-0.25, -0.2) is 0 Å². The molecule has 1 amide bonds. The van der Waals surface area contributed by atoms with E-state index in [9.17, 15) is 18.0 Å². The Morgan fingerprint density at radius 3 is 2.72 bits per heavy atom. The summed E-state index contributed by atoms with van der Waals surface area (Å²) in [7, 11) is 0. The molecule has 0 atom stereocenters. The second-order valence-corrected chi connectivity index (χ2v) is 5.27. The molecule has 1 heterocycles. The minimum Gasteiger partial charge on any atom is -0.404 e. The first-order valence-electron chi connectivity index (χ1n) is 7.54. The van der Waals surface area contributed by atoms with Gasteiger partial charge in [0.05, 0.1) is 5.69 Å². The van der Waals surface area contributed by atoms with Gasteiger partial charge in [0, 0.05) is 26.1 Å². The van der Waals surface area contributed by atoms with Crippen LogP contribution in [0.2, 0.25) is 0 Å². The van der Waals surface area contributed by atoms with Gasteiger partial charge in [-0.05, 0) is 25.0 Å². The summed E-state index contributed by atoms with van der Waals surface area (Å²) in [6, 6.07) is 5.57. The smallest absolute Gasteiger partial charge is 0.404 e. The van der Waals surface area contributed by atoms with Gasteiger partial charge in [0.25, 0.3) is 0 Å². The minimum atomic E-state index is -4.79. The van der Waals surface area contributed by atoms with E-state index < -0.39 is 6.36 Å². The topological polar surface area (TPSA) is 80.0 Å². The molecule has 6 nitrogen and oxygen atoms in total. The maximum atomic E-state index is 12.3. The Hall–Kier alpha value is -1.72. The van der Waals surface area contributed by atoms with Crippen LogP contribution in [0.25, 0.3) is 0 Å². The highest BCUT2D eigenvalue weighted by Crippen LogP contribution is 2.29. The number of hydrogen-bond acceptors (Lipinski definition) is 3. The highest BCUT2D eigenvalue weighted by molar-refractivity contribution is 14.0. The van der Waals surface area contributed by atoms with E-state index in [0.717, 1.165) is 13.0 Å². The van der Waals surface area contributed by atoms with E-state index in [1.54, 1.807) is 11.0 Å². The first kappa shape index (κ1) is 21.3. The van der Waals surface area contributed by atoms with Crippen LogP contribution in [0.3, 0.4) is 0 Å². The Bertz CT molecular complexity index is 611. The third-order valence-corrected chi connectivity index (χ3v) is 3.42. The van der Waals surface area contributed by atoms with Crippen LogP contribution in [-0.2, 0) is 4.79 Å². The van der Waals surface area contributed by atoms with Gasteiger partial charge in [-0.15, -0.1) is 37.1 Å². The summed E-state index contributed by atoms with van der Waals surface area (Å²) in [5.41, 5.74) is 5.76. The summed E-state index contributed by atoms with van der Waals surface area (Å²) in [5, 5.41) is 2.59. The highest BCUT2D eigenvalue weighted by Gasteiger charge is 2.32. The lowest BCUT2D eigenvalue weighted by molar-refractivity contribution is -0.274. The number of ether oxygens (including phenoxy) is 1. The van der Waals surface area contributed by atoms with Gasteiger partial charge in [0.15, 0.2) is 11.7 Å². The maximum absolute atomic E-state index is 12.3. The van der Waals surface area contributed by atoms with Crippen LogP contribution in [0.5, 0.6) is 5.75 Å². The molecule has 1 aromatic carbocycles. The molecule has 0 bridgehead atoms. The number of anilines is 1. The number of nitrogens with one attached hydrogen (secondary N) is 1. The van der Waals surface area contributed by atoms with Crippen molar-refractivity contribution < 1.29 is 22.7 Å². The van der Waals surface area contributed by atoms with Crippen molar-refractivity contribution in [3.63, 3.8) is 0 Å². The predicted molar refractivity (Wildman–Crippen MR) is 99.1 cm³/mol. The largest absolute Gasteiger partial charge is 0.573 e. The molecule has 0 aliphatic carbocycles. The SMILES string of the molecule is I.NC(=NCCCN1CCCC1=O)Nc1ccccc1OC(F)(F)F. The lowest BCUT2D eigenvalue weighted by atomic mass is 10.3. The molecule has 0 spiro atoms. The molecule has 1 aromatic rings. The van der Waals surface area contributed by atoms with Crippen LogP contribution >= 0.6 is 24.0 Å². The Morgan fingerprint density at radius 2 is 2.08 bits per heavy atom. The quantitative estimate of drug-likeness (QED) is 0.289. The zero-order valence-corrected chi connectivity index (χ0v) is 15.7. The molecule has 10 heteroatoms. The Morgan fingerprint density at radius 1 is 1.36 bits per heavy atom. The third kappa shape index (κ3) is 7.36. The molecular weight excluding hydrogens is 452 g/mol. The lowest BCUT2D eigenvalue weighted by Gasteiger charge is -2.15. The highest BCUT2D eigenvalue weighted by atomic mass is 127. The van der Waals surface area contributed by atoms with Gasteiger partial charge in [0.2, 0.25) is 5.91 Å². The molecule has 0 unspecified atom stereocenters. The van der Waals surface area contributed by atoms with E-state index in [1.807, 2.05) is 0 Å². The molecule has 0 radical (unpaired) electrons. The van der Waals surface area contributed by atoms with E-state index in [-0.39, 0.29) is 47.3 Å². The summed E-state index contributed by atoms with van der Waals surface area (Å²) in [4.78, 5) is 17.3. The molecular formula is C15H20F3IN4O2. The number of alkyl halides is 3. The van der Waals surface area contributed by atoms with Crippen molar-refractivity contribution in [1.29, 1.82) is 0 Å². The van der Waals surface area contributed by atoms with E-state index in [2.05, 4.69) is 15.0 Å². The van der Waals surface area contributed by atoms with E-state index in [0.29, 0.717) is 25.9 Å². The first-order chi connectivity index (χ1) is 11.3. The number of carbonyl (C=O) groups is 1. The number of carbonyl (C=O) groups excluding carboxylic acids is 1. The monoisotopic (exact) mass is 472 g/mol. The number of nitrogens with zero attached hydrogens (tertiary/aromatic N) is 2. The summed E-state index contributed by atoms with van der Waals surface area (Å²) < 4.78 is 41.0. The van der Waals surface area contributed by atoms with Crippen molar-refractivity contribution in [3.05, 3.63) is 24.3 Å². The molecule has 1 aliphatic heterocycles. The fraction of sp³-hybridized carbons (Fsp3) is 0.467. The number of amides is 1. The Labute approximate surface area is 160 Å². The van der Waals surface area contributed by atoms with Crippen molar-refractivity contribution in [2.75, 3.05) is 25.0 Å². The molecule has 2 rings (SSSR count).